The Morgan fingerprint density at radius 2 is 0.531 bits per heavy atom. The van der Waals surface area contributed by atoms with Crippen molar-refractivity contribution in [3.8, 4) is 66.1 Å². The molecule has 0 bridgehead atoms. The van der Waals surface area contributed by atoms with Crippen molar-refractivity contribution in [1.29, 1.82) is 0 Å². The molecule has 6 aliphatic heterocycles. The minimum atomic E-state index is -0.0864. The molecule has 0 saturated heterocycles. The first-order valence-electron chi connectivity index (χ1n) is 52.1. The van der Waals surface area contributed by atoms with Gasteiger partial charge in [0, 0.05) is 98.8 Å². The first-order chi connectivity index (χ1) is 70.1. The number of aryl methyl sites for hydroxylation is 6. The largest absolute Gasteiger partial charge is 0.457 e. The van der Waals surface area contributed by atoms with Gasteiger partial charge in [-0.1, -0.05) is 367 Å². The average Bonchev–Trinajstić information content (AvgIpc) is 1.57. The highest BCUT2D eigenvalue weighted by Crippen LogP contribution is 2.61. The molecular formula is C135H130B2ClN5O2S2. The van der Waals surface area contributed by atoms with E-state index in [0.717, 1.165) is 74.3 Å². The van der Waals surface area contributed by atoms with E-state index in [1.165, 1.54) is 198 Å². The minimum absolute atomic E-state index is 0.00133. The number of halogens is 1. The van der Waals surface area contributed by atoms with E-state index in [9.17, 15) is 0 Å². The fourth-order valence-electron chi connectivity index (χ4n) is 22.7. The van der Waals surface area contributed by atoms with Gasteiger partial charge in [0.05, 0.1) is 28.4 Å². The van der Waals surface area contributed by atoms with Crippen molar-refractivity contribution in [1.82, 2.24) is 0 Å². The molecule has 732 valence electrons. The fourth-order valence-corrected chi connectivity index (χ4v) is 26.0. The lowest BCUT2D eigenvalue weighted by Crippen LogP contribution is -2.60. The molecule has 0 spiro atoms. The van der Waals surface area contributed by atoms with Crippen molar-refractivity contribution in [3.05, 3.63) is 423 Å². The molecule has 0 amide bonds. The Balaban J connectivity index is 0.000000149. The maximum absolute atomic E-state index is 7.44. The molecule has 0 atom stereocenters. The third-order valence-electron chi connectivity index (χ3n) is 30.9. The molecule has 0 fully saturated rings. The summed E-state index contributed by atoms with van der Waals surface area (Å²) in [6, 6.07) is 126. The SMILES string of the molecule is Cc1ccccc1-c1sc2c(c1-c1ccccc1C)N(c1ccc(C(C)(C)C)cc1C)c1cc(Cl)cc3c1B2c1cc(C(C)(C)C)ccc1N3c1ccc(C(C)(C)C)cc1.Cc1ccccc1-c1sc2c(c1-c1ccccc1C)N(c1ccc(C(C)(C)C)cc1C)c1cc(N3c4ccccc4Oc4ccccc43)cc3c1B2c1cc(C(C)(C)C)ccc1N3c1ccc(C(C)(C)C)cc1.c1ccc2c(c1)Cc1ccccc1O2. The molecule has 16 aromatic carbocycles. The lowest BCUT2D eigenvalue weighted by molar-refractivity contribution is 0.460. The molecule has 0 aliphatic carbocycles. The number of anilines is 15. The molecule has 7 nitrogen and oxygen atoms in total. The Kier molecular flexibility index (Phi) is 24.4. The van der Waals surface area contributed by atoms with Crippen molar-refractivity contribution in [2.45, 2.75) is 205 Å². The Hall–Kier alpha value is -14.1. The van der Waals surface area contributed by atoms with Crippen molar-refractivity contribution in [2.24, 2.45) is 0 Å². The second-order valence-electron chi connectivity index (χ2n) is 47.3. The molecular weight excluding hydrogens is 1840 g/mol. The molecule has 8 heterocycles. The second kappa shape index (κ2) is 36.8. The summed E-state index contributed by atoms with van der Waals surface area (Å²) in [7, 11) is 0. The zero-order valence-corrected chi connectivity index (χ0v) is 91.8. The van der Waals surface area contributed by atoms with Gasteiger partial charge in [-0.3, -0.25) is 0 Å². The summed E-state index contributed by atoms with van der Waals surface area (Å²) in [5, 5.41) is 0.720. The number of hydrogen-bond acceptors (Lipinski definition) is 9. The molecule has 147 heavy (non-hydrogen) atoms. The van der Waals surface area contributed by atoms with Crippen LogP contribution in [0.4, 0.5) is 85.3 Å². The highest BCUT2D eigenvalue weighted by Gasteiger charge is 2.51. The lowest BCUT2D eigenvalue weighted by Gasteiger charge is -2.45. The highest BCUT2D eigenvalue weighted by molar-refractivity contribution is 7.32. The van der Waals surface area contributed by atoms with Gasteiger partial charge >= 0.3 is 0 Å². The van der Waals surface area contributed by atoms with Crippen LogP contribution in [0, 0.1) is 41.5 Å². The van der Waals surface area contributed by atoms with Crippen LogP contribution in [0.15, 0.2) is 340 Å². The summed E-state index contributed by atoms with van der Waals surface area (Å²) >= 11 is 11.4. The first kappa shape index (κ1) is 97.7. The Morgan fingerprint density at radius 1 is 0.245 bits per heavy atom. The number of thiophene rings is 2. The molecule has 24 rings (SSSR count). The van der Waals surface area contributed by atoms with Crippen LogP contribution in [0.25, 0.3) is 43.1 Å². The van der Waals surface area contributed by atoms with E-state index in [1.807, 2.05) is 46.9 Å². The minimum Gasteiger partial charge on any atom is -0.457 e. The molecule has 0 N–H and O–H groups in total. The quantitative estimate of drug-likeness (QED) is 0.133. The van der Waals surface area contributed by atoms with Gasteiger partial charge in [0.15, 0.2) is 11.5 Å². The van der Waals surface area contributed by atoms with Crippen LogP contribution in [0.1, 0.15) is 203 Å². The number of fused-ring (bicyclic) bond motifs is 12. The predicted octanol–water partition coefficient (Wildman–Crippen LogP) is 35.6. The standard InChI is InChI=1S/C67H64BN3OS.C55H56BClN2S.C13H10O/c1-41-21-13-15-23-49(41)60-62-64(73-63(60)50-24-16-14-22-42(50)2)68-51-38-46(67(10,11)12)32-36-53(51)69(47-33-29-44(30-34-47)65(4,5)6)56-39-48(70-54-25-17-19-27-58(54)72-59-28-20-18-26-55(59)70)40-57(61(56)68)71(62)52-35-31-45(37-43(52)3)66(7,8)9;1-33-17-13-15-19-41(33)48-50-52(60-51(48)42-20-16-14-18-34(42)2)56-43-30-38(55(10,11)12)24-28-45(43)58(40-25-21-36(22-26-40)53(4,5)6)46-31-39(57)32-47(49(46)56)59(50)44-27-23-37(29-35(44)3)54(7,8)9;1-3-7-12-10(5-1)9-11-6-2-4-8-13(11)14-12/h13-40H,1-12H3;13-32H,1-12H3;1-8H,9H2. The average molecular weight is 1980 g/mol. The van der Waals surface area contributed by atoms with Gasteiger partial charge in [0.1, 0.15) is 11.5 Å². The van der Waals surface area contributed by atoms with Crippen molar-refractivity contribution >= 4 is 164 Å². The maximum atomic E-state index is 7.44. The van der Waals surface area contributed by atoms with Crippen LogP contribution in [-0.4, -0.2) is 13.4 Å². The van der Waals surface area contributed by atoms with Crippen LogP contribution in [0.3, 0.4) is 0 Å². The molecule has 2 aromatic heterocycles. The van der Waals surface area contributed by atoms with E-state index < -0.39 is 0 Å². The van der Waals surface area contributed by atoms with E-state index >= 15 is 0 Å². The van der Waals surface area contributed by atoms with Gasteiger partial charge in [-0.15, -0.1) is 22.7 Å². The van der Waals surface area contributed by atoms with E-state index in [-0.39, 0.29) is 45.9 Å². The summed E-state index contributed by atoms with van der Waals surface area (Å²) in [4.78, 5) is 15.3. The number of hydrogen-bond donors (Lipinski definition) is 0. The van der Waals surface area contributed by atoms with Crippen LogP contribution < -0.4 is 65.4 Å². The third kappa shape index (κ3) is 17.4. The third-order valence-corrected chi connectivity index (χ3v) is 33.7. The van der Waals surface area contributed by atoms with Crippen molar-refractivity contribution in [3.63, 3.8) is 0 Å². The second-order valence-corrected chi connectivity index (χ2v) is 49.8. The molecule has 6 aliphatic rings. The number of rotatable bonds is 9. The van der Waals surface area contributed by atoms with Gasteiger partial charge < -0.3 is 34.0 Å². The highest BCUT2D eigenvalue weighted by atomic mass is 35.5. The summed E-state index contributed by atoms with van der Waals surface area (Å²) in [6.45, 7) is 55.2. The van der Waals surface area contributed by atoms with Gasteiger partial charge in [0.2, 0.25) is 0 Å². The fraction of sp³-hybridized carbons (Fsp3) is 0.230. The zero-order valence-electron chi connectivity index (χ0n) is 89.4. The summed E-state index contributed by atoms with van der Waals surface area (Å²) in [5.74, 6) is 3.64. The predicted molar refractivity (Wildman–Crippen MR) is 635 cm³/mol. The van der Waals surface area contributed by atoms with Gasteiger partial charge in [-0.2, -0.15) is 0 Å². The number of nitrogens with zero attached hydrogens (tertiary/aromatic N) is 5. The molecule has 18 aromatic rings. The van der Waals surface area contributed by atoms with Gasteiger partial charge in [-0.25, -0.2) is 0 Å². The monoisotopic (exact) mass is 1970 g/mol. The van der Waals surface area contributed by atoms with Gasteiger partial charge in [0.25, 0.3) is 13.4 Å². The summed E-state index contributed by atoms with van der Waals surface area (Å²) < 4.78 is 15.2. The zero-order chi connectivity index (χ0) is 103. The van der Waals surface area contributed by atoms with Crippen LogP contribution in [-0.2, 0) is 38.9 Å². The van der Waals surface area contributed by atoms with E-state index in [2.05, 4.69) is 506 Å². The summed E-state index contributed by atoms with van der Waals surface area (Å²) in [5.41, 5.74) is 47.9. The molecule has 12 heteroatoms. The van der Waals surface area contributed by atoms with E-state index in [0.29, 0.717) is 0 Å². The van der Waals surface area contributed by atoms with Crippen LogP contribution in [0.5, 0.6) is 23.0 Å². The molecule has 0 unspecified atom stereocenters. The normalized spacial score (nSPS) is 13.6. The van der Waals surface area contributed by atoms with Crippen molar-refractivity contribution in [2.75, 3.05) is 24.5 Å². The van der Waals surface area contributed by atoms with Crippen LogP contribution in [0.2, 0.25) is 5.02 Å². The topological polar surface area (TPSA) is 34.7 Å². The van der Waals surface area contributed by atoms with E-state index in [1.54, 1.807) is 0 Å². The molecule has 0 radical (unpaired) electrons. The number of ether oxygens (including phenoxy) is 2. The van der Waals surface area contributed by atoms with Crippen molar-refractivity contribution < 1.29 is 9.47 Å². The Bertz CT molecular complexity index is 8150. The first-order valence-corrected chi connectivity index (χ1v) is 54.1. The van der Waals surface area contributed by atoms with E-state index in [4.69, 9.17) is 21.1 Å². The number of benzene rings is 16. The van der Waals surface area contributed by atoms with Gasteiger partial charge in [-0.05, 0) is 305 Å². The van der Waals surface area contributed by atoms with Crippen LogP contribution >= 0.6 is 34.3 Å². The molecule has 0 saturated carbocycles. The lowest BCUT2D eigenvalue weighted by atomic mass is 9.36. The maximum Gasteiger partial charge on any atom is 0.264 e. The number of para-hydroxylation sites is 6. The Labute approximate surface area is 885 Å². The smallest absolute Gasteiger partial charge is 0.264 e. The Morgan fingerprint density at radius 3 is 0.891 bits per heavy atom. The summed E-state index contributed by atoms with van der Waals surface area (Å²) in [6.07, 6.45) is 0.979.